The van der Waals surface area contributed by atoms with Crippen LogP contribution in [0.4, 0.5) is 5.82 Å². The Morgan fingerprint density at radius 2 is 2.41 bits per heavy atom. The number of aldehydes is 1. The topological polar surface area (TPSA) is 42.4 Å². The van der Waals surface area contributed by atoms with E-state index in [1.807, 2.05) is 6.07 Å². The molecule has 1 aliphatic rings. The molecule has 2 rings (SSSR count). The average Bonchev–Trinajstić information content (AvgIpc) is 2.40. The van der Waals surface area contributed by atoms with E-state index in [-0.39, 0.29) is 0 Å². The first kappa shape index (κ1) is 11.8. The highest BCUT2D eigenvalue weighted by Crippen LogP contribution is 2.17. The van der Waals surface area contributed by atoms with Crippen molar-refractivity contribution in [1.82, 2.24) is 4.98 Å². The van der Waals surface area contributed by atoms with Gasteiger partial charge in [0, 0.05) is 32.0 Å². The van der Waals surface area contributed by atoms with Crippen LogP contribution in [0.1, 0.15) is 16.8 Å². The van der Waals surface area contributed by atoms with Crippen molar-refractivity contribution in [3.05, 3.63) is 35.5 Å². The summed E-state index contributed by atoms with van der Waals surface area (Å²) in [7, 11) is 1.72. The Kier molecular flexibility index (Phi) is 3.88. The Morgan fingerprint density at radius 3 is 2.94 bits per heavy atom. The van der Waals surface area contributed by atoms with Crippen molar-refractivity contribution in [3.8, 4) is 0 Å². The molecule has 0 aliphatic carbocycles. The molecule has 0 N–H and O–H groups in total. The van der Waals surface area contributed by atoms with E-state index in [4.69, 9.17) is 4.74 Å². The first-order valence-corrected chi connectivity index (χ1v) is 5.66. The van der Waals surface area contributed by atoms with Crippen molar-refractivity contribution in [2.24, 2.45) is 0 Å². The molecule has 0 spiro atoms. The van der Waals surface area contributed by atoms with Gasteiger partial charge < -0.3 is 9.64 Å². The molecule has 4 heteroatoms. The Balaban J connectivity index is 2.02. The SMILES string of the molecule is COCC1=CCN(c2ccc(C=O)cn2)CC1. The van der Waals surface area contributed by atoms with E-state index >= 15 is 0 Å². The van der Waals surface area contributed by atoms with Crippen LogP contribution in [0.15, 0.2) is 30.0 Å². The number of nitrogens with zero attached hydrogens (tertiary/aromatic N) is 2. The van der Waals surface area contributed by atoms with Crippen molar-refractivity contribution in [2.75, 3.05) is 31.7 Å². The molecule has 0 amide bonds. The minimum Gasteiger partial charge on any atom is -0.380 e. The van der Waals surface area contributed by atoms with Gasteiger partial charge in [0.25, 0.3) is 0 Å². The second-order valence-electron chi connectivity index (χ2n) is 4.06. The molecule has 17 heavy (non-hydrogen) atoms. The summed E-state index contributed by atoms with van der Waals surface area (Å²) < 4.78 is 5.11. The fourth-order valence-electron chi connectivity index (χ4n) is 1.89. The lowest BCUT2D eigenvalue weighted by atomic mass is 10.1. The number of hydrogen-bond acceptors (Lipinski definition) is 4. The quantitative estimate of drug-likeness (QED) is 0.585. The smallest absolute Gasteiger partial charge is 0.151 e. The number of ether oxygens (including phenoxy) is 1. The van der Waals surface area contributed by atoms with Gasteiger partial charge in [-0.3, -0.25) is 4.79 Å². The second-order valence-corrected chi connectivity index (χ2v) is 4.06. The molecular formula is C13H16N2O2. The van der Waals surface area contributed by atoms with E-state index < -0.39 is 0 Å². The van der Waals surface area contributed by atoms with Gasteiger partial charge in [-0.2, -0.15) is 0 Å². The van der Waals surface area contributed by atoms with E-state index in [9.17, 15) is 4.79 Å². The molecule has 2 heterocycles. The summed E-state index contributed by atoms with van der Waals surface area (Å²) in [6.07, 6.45) is 5.60. The third kappa shape index (κ3) is 2.91. The first-order chi connectivity index (χ1) is 8.33. The van der Waals surface area contributed by atoms with Crippen molar-refractivity contribution < 1.29 is 9.53 Å². The zero-order chi connectivity index (χ0) is 12.1. The van der Waals surface area contributed by atoms with Crippen molar-refractivity contribution in [1.29, 1.82) is 0 Å². The maximum Gasteiger partial charge on any atom is 0.151 e. The normalized spacial score (nSPS) is 15.6. The maximum absolute atomic E-state index is 10.5. The van der Waals surface area contributed by atoms with Gasteiger partial charge in [-0.1, -0.05) is 6.08 Å². The fraction of sp³-hybridized carbons (Fsp3) is 0.385. The van der Waals surface area contributed by atoms with Crippen molar-refractivity contribution in [3.63, 3.8) is 0 Å². The number of rotatable bonds is 4. The van der Waals surface area contributed by atoms with Crippen LogP contribution < -0.4 is 4.90 Å². The third-order valence-corrected chi connectivity index (χ3v) is 2.86. The second kappa shape index (κ2) is 5.59. The summed E-state index contributed by atoms with van der Waals surface area (Å²) in [6, 6.07) is 3.68. The van der Waals surface area contributed by atoms with Crippen LogP contribution in [0, 0.1) is 0 Å². The minimum atomic E-state index is 0.612. The predicted molar refractivity (Wildman–Crippen MR) is 66.4 cm³/mol. The summed E-state index contributed by atoms with van der Waals surface area (Å²) in [5.41, 5.74) is 1.95. The zero-order valence-electron chi connectivity index (χ0n) is 9.93. The Bertz CT molecular complexity index is 412. The summed E-state index contributed by atoms with van der Waals surface area (Å²) >= 11 is 0. The molecule has 0 fully saturated rings. The Hall–Kier alpha value is -1.68. The Labute approximate surface area is 101 Å². The van der Waals surface area contributed by atoms with Gasteiger partial charge in [0.2, 0.25) is 0 Å². The van der Waals surface area contributed by atoms with Crippen LogP contribution in [0.2, 0.25) is 0 Å². The standard InChI is InChI=1S/C13H16N2O2/c1-17-10-11-4-6-15(7-5-11)13-3-2-12(9-16)8-14-13/h2-4,8-9H,5-7,10H2,1H3. The van der Waals surface area contributed by atoms with Crippen LogP contribution in [0.25, 0.3) is 0 Å². The lowest BCUT2D eigenvalue weighted by Crippen LogP contribution is -2.29. The zero-order valence-corrected chi connectivity index (χ0v) is 9.93. The van der Waals surface area contributed by atoms with Crippen molar-refractivity contribution >= 4 is 12.1 Å². The van der Waals surface area contributed by atoms with Crippen LogP contribution in [0.5, 0.6) is 0 Å². The van der Waals surface area contributed by atoms with E-state index in [0.29, 0.717) is 12.2 Å². The number of aromatic nitrogens is 1. The van der Waals surface area contributed by atoms with Crippen molar-refractivity contribution in [2.45, 2.75) is 6.42 Å². The number of anilines is 1. The number of pyridine rings is 1. The summed E-state index contributed by atoms with van der Waals surface area (Å²) in [6.45, 7) is 2.51. The monoisotopic (exact) mass is 232 g/mol. The number of methoxy groups -OCH3 is 1. The van der Waals surface area contributed by atoms with Gasteiger partial charge in [-0.25, -0.2) is 4.98 Å². The summed E-state index contributed by atoms with van der Waals surface area (Å²) in [4.78, 5) is 17.0. The highest BCUT2D eigenvalue weighted by Gasteiger charge is 2.12. The molecule has 90 valence electrons. The third-order valence-electron chi connectivity index (χ3n) is 2.86. The van der Waals surface area contributed by atoms with Gasteiger partial charge in [-0.15, -0.1) is 0 Å². The molecule has 0 unspecified atom stereocenters. The molecule has 4 nitrogen and oxygen atoms in total. The summed E-state index contributed by atoms with van der Waals surface area (Å²) in [5, 5.41) is 0. The lowest BCUT2D eigenvalue weighted by molar-refractivity contribution is 0.112. The average molecular weight is 232 g/mol. The first-order valence-electron chi connectivity index (χ1n) is 5.66. The van der Waals surface area contributed by atoms with Gasteiger partial charge in [0.1, 0.15) is 5.82 Å². The van der Waals surface area contributed by atoms with E-state index in [2.05, 4.69) is 16.0 Å². The molecule has 1 aromatic heterocycles. The highest BCUT2D eigenvalue weighted by molar-refractivity contribution is 5.74. The number of hydrogen-bond donors (Lipinski definition) is 0. The molecule has 1 aromatic rings. The van der Waals surface area contributed by atoms with E-state index in [1.165, 1.54) is 5.57 Å². The highest BCUT2D eigenvalue weighted by atomic mass is 16.5. The van der Waals surface area contributed by atoms with Crippen LogP contribution in [-0.2, 0) is 4.74 Å². The number of carbonyl (C=O) groups is 1. The van der Waals surface area contributed by atoms with Gasteiger partial charge >= 0.3 is 0 Å². The Morgan fingerprint density at radius 1 is 1.53 bits per heavy atom. The van der Waals surface area contributed by atoms with Gasteiger partial charge in [-0.05, 0) is 24.1 Å². The lowest BCUT2D eigenvalue weighted by Gasteiger charge is -2.27. The van der Waals surface area contributed by atoms with E-state index in [1.54, 1.807) is 19.4 Å². The molecule has 0 saturated carbocycles. The molecule has 0 aromatic carbocycles. The maximum atomic E-state index is 10.5. The number of carbonyl (C=O) groups excluding carboxylic acids is 1. The van der Waals surface area contributed by atoms with Crippen LogP contribution in [0.3, 0.4) is 0 Å². The minimum absolute atomic E-state index is 0.612. The molecule has 0 atom stereocenters. The molecule has 0 radical (unpaired) electrons. The van der Waals surface area contributed by atoms with Crippen LogP contribution >= 0.6 is 0 Å². The largest absolute Gasteiger partial charge is 0.380 e. The molecule has 0 bridgehead atoms. The summed E-state index contributed by atoms with van der Waals surface area (Å²) in [5.74, 6) is 0.920. The predicted octanol–water partition coefficient (Wildman–Crippen LogP) is 1.68. The molecule has 0 saturated heterocycles. The molecular weight excluding hydrogens is 216 g/mol. The van der Waals surface area contributed by atoms with Gasteiger partial charge in [0.05, 0.1) is 6.61 Å². The van der Waals surface area contributed by atoms with Crippen LogP contribution in [-0.4, -0.2) is 38.1 Å². The van der Waals surface area contributed by atoms with E-state index in [0.717, 1.165) is 31.6 Å². The fourth-order valence-corrected chi connectivity index (χ4v) is 1.89. The molecule has 1 aliphatic heterocycles. The van der Waals surface area contributed by atoms with Gasteiger partial charge in [0.15, 0.2) is 6.29 Å².